The van der Waals surface area contributed by atoms with E-state index < -0.39 is 35.7 Å². The Balaban J connectivity index is 1.55. The van der Waals surface area contributed by atoms with Crippen LogP contribution in [0.15, 0.2) is 30.5 Å². The molecule has 0 spiro atoms. The number of fused-ring (bicyclic) bond motifs is 3. The molecule has 4 heterocycles. The highest BCUT2D eigenvalue weighted by Gasteiger charge is 2.37. The zero-order valence-corrected chi connectivity index (χ0v) is 18.0. The molecule has 0 unspecified atom stereocenters. The predicted molar refractivity (Wildman–Crippen MR) is 113 cm³/mol. The number of pyridine rings is 2. The molecule has 34 heavy (non-hydrogen) atoms. The maximum atomic E-state index is 15.1. The van der Waals surface area contributed by atoms with E-state index in [2.05, 4.69) is 9.97 Å². The van der Waals surface area contributed by atoms with E-state index in [-0.39, 0.29) is 37.8 Å². The van der Waals surface area contributed by atoms with Gasteiger partial charge in [-0.05, 0) is 30.2 Å². The number of nitrogen functional groups attached to an aromatic ring is 1. The lowest BCUT2D eigenvalue weighted by Crippen LogP contribution is -2.49. The highest BCUT2D eigenvalue weighted by molar-refractivity contribution is 6.00. The Kier molecular flexibility index (Phi) is 5.40. The molecule has 1 saturated heterocycles. The van der Waals surface area contributed by atoms with Crippen LogP contribution >= 0.6 is 0 Å². The minimum atomic E-state index is -4.58. The van der Waals surface area contributed by atoms with Gasteiger partial charge in [0.05, 0.1) is 49.6 Å². The molecule has 0 radical (unpaired) electrons. The lowest BCUT2D eigenvalue weighted by molar-refractivity contribution is -0.141. The van der Waals surface area contributed by atoms with Gasteiger partial charge >= 0.3 is 6.18 Å². The number of nitrogens with zero attached hydrogens (tertiary/aromatic N) is 3. The van der Waals surface area contributed by atoms with E-state index in [1.807, 2.05) is 0 Å². The van der Waals surface area contributed by atoms with Crippen molar-refractivity contribution >= 4 is 22.6 Å². The Labute approximate surface area is 191 Å². The smallest absolute Gasteiger partial charge is 0.383 e. The summed E-state index contributed by atoms with van der Waals surface area (Å²) in [6.45, 7) is 2.53. The molecule has 5 rings (SSSR count). The standard InChI is InChI=1S/C23H20F4N4O3/c1-11-7-33-10-19(12-2-3-20(29-6-12)23(25,26)27)31(11)22(32)14-4-13-15-8-34-9-16(15)21(28)30-18(13)5-17(14)24/h2-6,11,19H,7-10H2,1H3,(H2,28,30)/t11-,19-/m1/s1. The van der Waals surface area contributed by atoms with Crippen molar-refractivity contribution in [1.29, 1.82) is 0 Å². The normalized spacial score (nSPS) is 20.6. The van der Waals surface area contributed by atoms with Crippen LogP contribution in [0.1, 0.15) is 45.7 Å². The van der Waals surface area contributed by atoms with Crippen molar-refractivity contribution < 1.29 is 31.8 Å². The minimum absolute atomic E-state index is 0.0413. The number of carbonyl (C=O) groups is 1. The minimum Gasteiger partial charge on any atom is -0.383 e. The Morgan fingerprint density at radius 3 is 2.62 bits per heavy atom. The molecule has 0 bridgehead atoms. The van der Waals surface area contributed by atoms with Crippen molar-refractivity contribution in [3.63, 3.8) is 0 Å². The van der Waals surface area contributed by atoms with E-state index in [9.17, 15) is 18.0 Å². The number of rotatable bonds is 2. The molecular weight excluding hydrogens is 456 g/mol. The molecule has 2 aliphatic heterocycles. The van der Waals surface area contributed by atoms with E-state index >= 15 is 4.39 Å². The summed E-state index contributed by atoms with van der Waals surface area (Å²) in [5, 5.41) is 0.570. The molecule has 0 saturated carbocycles. The highest BCUT2D eigenvalue weighted by Crippen LogP contribution is 2.35. The van der Waals surface area contributed by atoms with Gasteiger partial charge in [0.15, 0.2) is 0 Å². The molecule has 0 aliphatic carbocycles. The molecule has 2 N–H and O–H groups in total. The Morgan fingerprint density at radius 1 is 1.15 bits per heavy atom. The molecule has 2 atom stereocenters. The van der Waals surface area contributed by atoms with Crippen molar-refractivity contribution in [2.45, 2.75) is 38.4 Å². The second kappa shape index (κ2) is 8.17. The molecule has 11 heteroatoms. The number of benzene rings is 1. The zero-order valence-electron chi connectivity index (χ0n) is 18.0. The Hall–Kier alpha value is -3.31. The number of hydrogen-bond acceptors (Lipinski definition) is 6. The molecule has 1 aromatic carbocycles. The number of anilines is 1. The number of amides is 1. The molecule has 178 valence electrons. The number of ether oxygens (including phenoxy) is 2. The first-order valence-electron chi connectivity index (χ1n) is 10.6. The van der Waals surface area contributed by atoms with Gasteiger partial charge in [0.1, 0.15) is 17.3 Å². The molecule has 2 aromatic heterocycles. The van der Waals surface area contributed by atoms with Crippen molar-refractivity contribution in [2.75, 3.05) is 18.9 Å². The van der Waals surface area contributed by atoms with Crippen molar-refractivity contribution in [3.8, 4) is 0 Å². The maximum Gasteiger partial charge on any atom is 0.433 e. The zero-order chi connectivity index (χ0) is 24.2. The van der Waals surface area contributed by atoms with Crippen LogP contribution in [0.4, 0.5) is 23.4 Å². The number of nitrogens with two attached hydrogens (primary N) is 1. The predicted octanol–water partition coefficient (Wildman–Crippen LogP) is 4.00. The summed E-state index contributed by atoms with van der Waals surface area (Å²) >= 11 is 0. The molecule has 3 aromatic rings. The lowest BCUT2D eigenvalue weighted by Gasteiger charge is -2.40. The van der Waals surface area contributed by atoms with Gasteiger partial charge in [-0.2, -0.15) is 13.2 Å². The fraction of sp³-hybridized carbons (Fsp3) is 0.348. The van der Waals surface area contributed by atoms with Crippen LogP contribution in [0.5, 0.6) is 0 Å². The Bertz CT molecular complexity index is 1280. The van der Waals surface area contributed by atoms with Gasteiger partial charge in [-0.3, -0.25) is 9.78 Å². The van der Waals surface area contributed by atoms with Crippen molar-refractivity contribution in [1.82, 2.24) is 14.9 Å². The van der Waals surface area contributed by atoms with Gasteiger partial charge in [0.2, 0.25) is 0 Å². The second-order valence-corrected chi connectivity index (χ2v) is 8.39. The van der Waals surface area contributed by atoms with Gasteiger partial charge in [-0.25, -0.2) is 9.37 Å². The van der Waals surface area contributed by atoms with Crippen LogP contribution in [0, 0.1) is 5.82 Å². The highest BCUT2D eigenvalue weighted by atomic mass is 19.4. The number of alkyl halides is 3. The SMILES string of the molecule is C[C@@H]1COC[C@H](c2ccc(C(F)(F)F)nc2)N1C(=O)c1cc2c3c(c(N)nc2cc1F)COC3. The fourth-order valence-electron chi connectivity index (χ4n) is 4.48. The summed E-state index contributed by atoms with van der Waals surface area (Å²) in [6, 6.07) is 3.53. The molecule has 7 nitrogen and oxygen atoms in total. The lowest BCUT2D eigenvalue weighted by atomic mass is 9.99. The first kappa shape index (κ1) is 22.5. The quantitative estimate of drug-likeness (QED) is 0.563. The number of aromatic nitrogens is 2. The summed E-state index contributed by atoms with van der Waals surface area (Å²) < 4.78 is 64.9. The summed E-state index contributed by atoms with van der Waals surface area (Å²) in [5.74, 6) is -1.12. The van der Waals surface area contributed by atoms with Crippen LogP contribution in [-0.2, 0) is 28.9 Å². The third kappa shape index (κ3) is 3.74. The largest absolute Gasteiger partial charge is 0.433 e. The average Bonchev–Trinajstić information content (AvgIpc) is 3.29. The van der Waals surface area contributed by atoms with Crippen molar-refractivity contribution in [2.24, 2.45) is 0 Å². The van der Waals surface area contributed by atoms with Gasteiger partial charge in [0.25, 0.3) is 5.91 Å². The maximum absolute atomic E-state index is 15.1. The van der Waals surface area contributed by atoms with Crippen LogP contribution in [-0.4, -0.2) is 40.0 Å². The average molecular weight is 476 g/mol. The van der Waals surface area contributed by atoms with E-state index in [1.54, 1.807) is 6.92 Å². The van der Waals surface area contributed by atoms with E-state index in [1.165, 1.54) is 17.0 Å². The number of hydrogen-bond donors (Lipinski definition) is 1. The first-order chi connectivity index (χ1) is 16.1. The fourth-order valence-corrected chi connectivity index (χ4v) is 4.48. The number of morpholine rings is 1. The molecule has 1 amide bonds. The summed E-state index contributed by atoms with van der Waals surface area (Å²) in [5.41, 5.74) is 6.89. The Morgan fingerprint density at radius 2 is 1.91 bits per heavy atom. The van der Waals surface area contributed by atoms with Crippen LogP contribution in [0.2, 0.25) is 0 Å². The topological polar surface area (TPSA) is 90.6 Å². The summed E-state index contributed by atoms with van der Waals surface area (Å²) in [6.07, 6.45) is -3.51. The first-order valence-corrected chi connectivity index (χ1v) is 10.6. The van der Waals surface area contributed by atoms with Gasteiger partial charge in [-0.1, -0.05) is 6.07 Å². The second-order valence-electron chi connectivity index (χ2n) is 8.39. The molecule has 1 fully saturated rings. The van der Waals surface area contributed by atoms with Gasteiger partial charge in [-0.15, -0.1) is 0 Å². The van der Waals surface area contributed by atoms with Crippen LogP contribution < -0.4 is 5.73 Å². The van der Waals surface area contributed by atoms with Gasteiger partial charge < -0.3 is 20.1 Å². The van der Waals surface area contributed by atoms with E-state index in [0.717, 1.165) is 23.9 Å². The summed E-state index contributed by atoms with van der Waals surface area (Å²) in [4.78, 5) is 22.8. The monoisotopic (exact) mass is 476 g/mol. The van der Waals surface area contributed by atoms with E-state index in [4.69, 9.17) is 15.2 Å². The van der Waals surface area contributed by atoms with Crippen LogP contribution in [0.3, 0.4) is 0 Å². The van der Waals surface area contributed by atoms with Crippen LogP contribution in [0.25, 0.3) is 10.9 Å². The molecular formula is C23H20F4N4O3. The van der Waals surface area contributed by atoms with Crippen molar-refractivity contribution in [3.05, 3.63) is 64.2 Å². The van der Waals surface area contributed by atoms with E-state index in [0.29, 0.717) is 22.0 Å². The molecule has 2 aliphatic rings. The summed E-state index contributed by atoms with van der Waals surface area (Å²) in [7, 11) is 0. The third-order valence-electron chi connectivity index (χ3n) is 6.19. The number of halogens is 4. The third-order valence-corrected chi connectivity index (χ3v) is 6.19. The van der Waals surface area contributed by atoms with Gasteiger partial charge in [0, 0.05) is 23.2 Å². The number of carbonyl (C=O) groups excluding carboxylic acids is 1.